The molecule has 0 bridgehead atoms. The predicted octanol–water partition coefficient (Wildman–Crippen LogP) is -13.9. The molecule has 29 heteroatoms. The summed E-state index contributed by atoms with van der Waals surface area (Å²) in [7, 11) is 3.02. The van der Waals surface area contributed by atoms with Crippen molar-refractivity contribution in [2.75, 3.05) is 107 Å². The van der Waals surface area contributed by atoms with Gasteiger partial charge in [0.25, 0.3) is 0 Å². The third kappa shape index (κ3) is 1210. The molecule has 55 heavy (non-hydrogen) atoms. The van der Waals surface area contributed by atoms with E-state index in [9.17, 15) is 10.2 Å². The first-order chi connectivity index (χ1) is 22.4. The van der Waals surface area contributed by atoms with Crippen molar-refractivity contribution in [3.8, 4) is 0 Å². The standard InChI is InChI=1S/2C3H7O2.10C2H5O.6O.7Sr.2Ta/c2*1-5-3-2-4;10*1-2-3;;;;;;;;;;;;;;;/h2*2-3H2,1H3;10*2H2,1H3;;;;;;;;;;;;;;;/q12*-1;;;;;2*-1;7*+2;;. The van der Waals surface area contributed by atoms with E-state index in [1.54, 1.807) is 69.2 Å². The second-order valence-corrected chi connectivity index (χ2v) is 7.94. The van der Waals surface area contributed by atoms with Gasteiger partial charge in [0.05, 0.1) is 0 Å². The minimum atomic E-state index is -4.34. The predicted molar refractivity (Wildman–Crippen MR) is 182 cm³/mol. The van der Waals surface area contributed by atoms with Gasteiger partial charge in [-0.25, -0.2) is 0 Å². The Morgan fingerprint density at radius 1 is 0.309 bits per heavy atom. The van der Waals surface area contributed by atoms with Crippen LogP contribution in [0.25, 0.3) is 0 Å². The summed E-state index contributed by atoms with van der Waals surface area (Å²) in [5.74, 6) is 0. The average molecular weight is 1670 g/mol. The molecule has 0 radical (unpaired) electrons. The number of hydrogen-bond acceptors (Lipinski definition) is 20. The maximum atomic E-state index is 9.40. The van der Waals surface area contributed by atoms with Crippen LogP contribution in [0.2, 0.25) is 0 Å². The van der Waals surface area contributed by atoms with Crippen molar-refractivity contribution >= 4 is 318 Å². The maximum Gasteiger partial charge on any atom is 2.00 e. The van der Waals surface area contributed by atoms with Crippen molar-refractivity contribution < 1.29 is 129 Å². The molecule has 0 saturated carbocycles. The first-order valence-corrected chi connectivity index (χ1v) is 21.9. The summed E-state index contributed by atoms with van der Waals surface area (Å²) in [4.78, 5) is 0. The molecule has 0 aliphatic carbocycles. The normalized spacial score (nSPS) is 5.71. The summed E-state index contributed by atoms with van der Waals surface area (Å²) >= 11 is -8.69. The third-order valence-corrected chi connectivity index (χ3v) is 0.575. The molecule has 0 aromatic heterocycles. The van der Waals surface area contributed by atoms with Gasteiger partial charge in [-0.15, -0.1) is 79.3 Å². The van der Waals surface area contributed by atoms with Gasteiger partial charge in [-0.2, -0.15) is 0 Å². The van der Waals surface area contributed by atoms with Gasteiger partial charge in [0.2, 0.25) is 0 Å². The van der Waals surface area contributed by atoms with Crippen LogP contribution < -0.4 is 68.5 Å². The smallest absolute Gasteiger partial charge is 2.00 e. The van der Waals surface area contributed by atoms with E-state index >= 15 is 0 Å². The Morgan fingerprint density at radius 3 is 0.364 bits per heavy atom. The Labute approximate surface area is 607 Å². The molecule has 0 aromatic rings. The molecule has 0 saturated heterocycles. The van der Waals surface area contributed by atoms with E-state index in [1.165, 1.54) is 14.2 Å². The van der Waals surface area contributed by atoms with Crippen LogP contribution in [0.3, 0.4) is 0 Å². The van der Waals surface area contributed by atoms with E-state index in [1.807, 2.05) is 0 Å². The Kier molecular flexibility index (Phi) is 617. The average Bonchev–Trinajstić information content (AvgIpc) is 2.94. The molecule has 0 aliphatic rings. The van der Waals surface area contributed by atoms with Crippen molar-refractivity contribution in [2.45, 2.75) is 69.2 Å². The molecule has 312 valence electrons. The molecular weight excluding hydrogens is 1610 g/mol. The number of hydrogen-bond donors (Lipinski definition) is 0. The second kappa shape index (κ2) is 247. The summed E-state index contributed by atoms with van der Waals surface area (Å²) in [6, 6.07) is 0. The summed E-state index contributed by atoms with van der Waals surface area (Å²) < 4.78 is 60.5. The summed E-state index contributed by atoms with van der Waals surface area (Å²) in [6.07, 6.45) is 0. The van der Waals surface area contributed by atoms with Crippen LogP contribution in [-0.2, 0) is 60.0 Å². The Bertz CT molecular complexity index is 361. The zero-order chi connectivity index (χ0) is 42.5. The van der Waals surface area contributed by atoms with E-state index in [0.717, 1.165) is 0 Å². The Hall–Kier alpha value is 10.4. The zero-order valence-corrected chi connectivity index (χ0v) is 66.7. The Morgan fingerprint density at radius 2 is 0.364 bits per heavy atom. The molecule has 0 unspecified atom stereocenters. The fourth-order valence-corrected chi connectivity index (χ4v) is 0.167. The van der Waals surface area contributed by atoms with Crippen LogP contribution in [0.15, 0.2) is 0 Å². The molecule has 0 heterocycles. The molecule has 0 rings (SSSR count). The quantitative estimate of drug-likeness (QED) is 0.236. The summed E-state index contributed by atoms with van der Waals surface area (Å²) in [5.41, 5.74) is 0. The first kappa shape index (κ1) is 138. The van der Waals surface area contributed by atoms with E-state index in [4.69, 9.17) is 71.3 Å². The molecule has 0 fully saturated rings. The van der Waals surface area contributed by atoms with Gasteiger partial charge in [0.15, 0.2) is 0 Å². The summed E-state index contributed by atoms with van der Waals surface area (Å²) in [6.45, 7) is 16.1. The van der Waals surface area contributed by atoms with Crippen molar-refractivity contribution in [2.24, 2.45) is 0 Å². The minimum absolute atomic E-state index is 0. The molecule has 0 amide bonds. The molecule has 20 nitrogen and oxygen atoms in total. The van der Waals surface area contributed by atoms with Crippen LogP contribution >= 0.6 is 0 Å². The largest absolute Gasteiger partial charge is 2.00 e. The van der Waals surface area contributed by atoms with Gasteiger partial charge in [-0.1, -0.05) is 69.2 Å². The van der Waals surface area contributed by atoms with Gasteiger partial charge in [0.1, 0.15) is 0 Å². The van der Waals surface area contributed by atoms with Crippen molar-refractivity contribution in [3.05, 3.63) is 0 Å². The molecule has 0 atom stereocenters. The minimum Gasteiger partial charge on any atom is 2.00 e. The van der Waals surface area contributed by atoms with Crippen LogP contribution in [0.4, 0.5) is 0 Å². The van der Waals surface area contributed by atoms with E-state index < -0.39 is 37.6 Å². The van der Waals surface area contributed by atoms with Crippen LogP contribution in [0.1, 0.15) is 69.2 Å². The maximum absolute atomic E-state index is 9.40. The second-order valence-electron chi connectivity index (χ2n) is 4.73. The van der Waals surface area contributed by atoms with Gasteiger partial charge < -0.3 is 70.8 Å². The van der Waals surface area contributed by atoms with Crippen molar-refractivity contribution in [1.82, 2.24) is 0 Å². The molecule has 0 spiro atoms. The topological polar surface area (TPSA) is 410 Å². The number of methoxy groups -OCH3 is 2. The zero-order valence-electron chi connectivity index (χ0n) is 35.9. The van der Waals surface area contributed by atoms with Crippen molar-refractivity contribution in [3.63, 3.8) is 0 Å². The third-order valence-electron chi connectivity index (χ3n) is 0.575. The van der Waals surface area contributed by atoms with E-state index in [-0.39, 0.29) is 398 Å². The van der Waals surface area contributed by atoms with Crippen LogP contribution in [0.5, 0.6) is 0 Å². The van der Waals surface area contributed by atoms with E-state index in [0.29, 0.717) is 13.2 Å². The van der Waals surface area contributed by atoms with Gasteiger partial charge in [-0.3, -0.25) is 0 Å². The van der Waals surface area contributed by atoms with Gasteiger partial charge in [-0.05, 0) is 0 Å². The molecule has 0 aromatic carbocycles. The van der Waals surface area contributed by atoms with Crippen LogP contribution in [0, 0.1) is 0 Å². The SMILES string of the molecule is CC[O-].CC[O-].CC[O-].CC[O-].CC[O-].CC[O-].CC[O-].CC[O-].CC[O-].CC[O-].COCC[O-].COCC[O-].[O]=[Ta](=[O])[O-].[O]=[Ta](=[O])[O-].[Sr+2].[Sr+2].[Sr+2].[Sr+2].[Sr+2].[Sr+2].[Sr+2]. The number of rotatable bonds is 4. The fourth-order valence-electron chi connectivity index (χ4n) is 0.167. The van der Waals surface area contributed by atoms with Crippen molar-refractivity contribution in [1.29, 1.82) is 0 Å². The van der Waals surface area contributed by atoms with Gasteiger partial charge in [0, 0.05) is 27.4 Å². The van der Waals surface area contributed by atoms with E-state index in [2.05, 4.69) is 9.47 Å². The summed E-state index contributed by atoms with van der Waals surface area (Å²) in [5, 5.41) is 108. The monoisotopic (exact) mass is 1670 g/mol. The molecule has 0 aliphatic heterocycles. The molecule has 0 N–H and O–H groups in total. The molecular formula is C26H64O20Sr7Ta2. The van der Waals surface area contributed by atoms with Gasteiger partial charge >= 0.3 is 376 Å². The van der Waals surface area contributed by atoms with Crippen LogP contribution in [-0.4, -0.2) is 425 Å². The first-order valence-electron chi connectivity index (χ1n) is 14.0. The number of ether oxygens (including phenoxy) is 2. The Balaban J connectivity index is -0.0000000119. The fraction of sp³-hybridized carbons (Fsp3) is 1.00.